The molecule has 2 N–H and O–H groups in total. The van der Waals surface area contributed by atoms with Gasteiger partial charge in [0.15, 0.2) is 0 Å². The number of halogens is 1. The van der Waals surface area contributed by atoms with Crippen LogP contribution in [-0.4, -0.2) is 41.7 Å². The summed E-state index contributed by atoms with van der Waals surface area (Å²) in [7, 11) is -3.65. The number of carbonyl (C=O) groups excluding carboxylic acids is 1. The molecule has 0 spiro atoms. The van der Waals surface area contributed by atoms with Crippen LogP contribution >= 0.6 is 11.6 Å². The molecule has 1 saturated heterocycles. The van der Waals surface area contributed by atoms with Crippen LogP contribution < -0.4 is 5.32 Å². The predicted molar refractivity (Wildman–Crippen MR) is 121 cm³/mol. The lowest BCUT2D eigenvalue weighted by Crippen LogP contribution is -2.33. The molecule has 31 heavy (non-hydrogen) atoms. The third-order valence-corrected chi connectivity index (χ3v) is 7.77. The van der Waals surface area contributed by atoms with Crippen molar-refractivity contribution in [2.45, 2.75) is 37.6 Å². The highest BCUT2D eigenvalue weighted by atomic mass is 35.5. The zero-order valence-corrected chi connectivity index (χ0v) is 19.0. The molecule has 1 aromatic heterocycles. The number of aromatic nitrogens is 2. The lowest BCUT2D eigenvalue weighted by atomic mass is 10.0. The summed E-state index contributed by atoms with van der Waals surface area (Å²) in [4.78, 5) is 21.1. The van der Waals surface area contributed by atoms with Gasteiger partial charge in [-0.05, 0) is 49.1 Å². The van der Waals surface area contributed by atoms with Gasteiger partial charge >= 0.3 is 0 Å². The molecule has 0 radical (unpaired) electrons. The fourth-order valence-corrected chi connectivity index (χ4v) is 5.55. The van der Waals surface area contributed by atoms with Crippen LogP contribution in [0.2, 0.25) is 5.02 Å². The van der Waals surface area contributed by atoms with E-state index in [1.807, 2.05) is 38.1 Å². The summed E-state index contributed by atoms with van der Waals surface area (Å²) in [5, 5.41) is 3.17. The third-order valence-electron chi connectivity index (χ3n) is 5.54. The van der Waals surface area contributed by atoms with Crippen molar-refractivity contribution in [3.05, 3.63) is 58.9 Å². The van der Waals surface area contributed by atoms with Gasteiger partial charge in [-0.25, -0.2) is 13.4 Å². The first-order valence-corrected chi connectivity index (χ1v) is 12.1. The maximum absolute atomic E-state index is 13.1. The number of sulfonamides is 1. The second-order valence-electron chi connectivity index (χ2n) is 8.09. The molecule has 1 atom stereocenters. The van der Waals surface area contributed by atoms with Crippen LogP contribution in [0, 0.1) is 5.92 Å². The van der Waals surface area contributed by atoms with Crippen molar-refractivity contribution in [1.82, 2.24) is 19.6 Å². The SMILES string of the molecule is CC(C)[C@H](NC(=O)c1cc(S(=O)(=O)N2CCCC2)ccc1Cl)c1nc2ccccc2[nH]1. The van der Waals surface area contributed by atoms with Crippen LogP contribution in [0.5, 0.6) is 0 Å². The Labute approximate surface area is 186 Å². The van der Waals surface area contributed by atoms with Crippen molar-refractivity contribution in [3.63, 3.8) is 0 Å². The molecule has 1 amide bonds. The third kappa shape index (κ3) is 4.33. The minimum Gasteiger partial charge on any atom is -0.342 e. The van der Waals surface area contributed by atoms with Gasteiger partial charge in [0, 0.05) is 13.1 Å². The molecule has 1 aliphatic rings. The zero-order valence-electron chi connectivity index (χ0n) is 17.4. The van der Waals surface area contributed by atoms with Gasteiger partial charge in [-0.3, -0.25) is 4.79 Å². The smallest absolute Gasteiger partial charge is 0.253 e. The number of nitrogens with zero attached hydrogens (tertiary/aromatic N) is 2. The monoisotopic (exact) mass is 460 g/mol. The van der Waals surface area contributed by atoms with Crippen LogP contribution in [0.3, 0.4) is 0 Å². The van der Waals surface area contributed by atoms with E-state index in [1.165, 1.54) is 22.5 Å². The second-order valence-corrected chi connectivity index (χ2v) is 10.4. The molecule has 1 aliphatic heterocycles. The standard InChI is InChI=1S/C22H25ClN4O3S/c1-14(2)20(21-24-18-7-3-4-8-19(18)25-21)26-22(28)16-13-15(9-10-17(16)23)31(29,30)27-11-5-6-12-27/h3-4,7-10,13-14,20H,5-6,11-12H2,1-2H3,(H,24,25)(H,26,28)/t20-/m0/s1. The highest BCUT2D eigenvalue weighted by molar-refractivity contribution is 7.89. The molecule has 4 rings (SSSR count). The van der Waals surface area contributed by atoms with E-state index in [0.29, 0.717) is 18.9 Å². The molecule has 164 valence electrons. The fraction of sp³-hybridized carbons (Fsp3) is 0.364. The van der Waals surface area contributed by atoms with E-state index in [1.54, 1.807) is 0 Å². The van der Waals surface area contributed by atoms with E-state index >= 15 is 0 Å². The van der Waals surface area contributed by atoms with Crippen LogP contribution in [-0.2, 0) is 10.0 Å². The molecule has 0 bridgehead atoms. The Balaban J connectivity index is 1.63. The van der Waals surface area contributed by atoms with Gasteiger partial charge < -0.3 is 10.3 Å². The summed E-state index contributed by atoms with van der Waals surface area (Å²) in [6, 6.07) is 11.5. The average molecular weight is 461 g/mol. The Morgan fingerprint density at radius 2 is 1.87 bits per heavy atom. The molecule has 0 aliphatic carbocycles. The minimum atomic E-state index is -3.65. The lowest BCUT2D eigenvalue weighted by Gasteiger charge is -2.21. The van der Waals surface area contributed by atoms with Gasteiger partial charge in [-0.1, -0.05) is 37.6 Å². The minimum absolute atomic E-state index is 0.0415. The molecular weight excluding hydrogens is 436 g/mol. The largest absolute Gasteiger partial charge is 0.342 e. The van der Waals surface area contributed by atoms with Gasteiger partial charge in [0.05, 0.1) is 32.6 Å². The maximum Gasteiger partial charge on any atom is 0.253 e. The number of aromatic amines is 1. The molecule has 0 saturated carbocycles. The Morgan fingerprint density at radius 3 is 2.55 bits per heavy atom. The summed E-state index contributed by atoms with van der Waals surface area (Å²) in [6.45, 7) is 4.95. The number of hydrogen-bond acceptors (Lipinski definition) is 4. The second kappa shape index (κ2) is 8.61. The molecule has 0 unspecified atom stereocenters. The van der Waals surface area contributed by atoms with Crippen molar-refractivity contribution in [2.24, 2.45) is 5.92 Å². The van der Waals surface area contributed by atoms with E-state index in [2.05, 4.69) is 15.3 Å². The van der Waals surface area contributed by atoms with Gasteiger partial charge in [-0.2, -0.15) is 4.31 Å². The summed E-state index contributed by atoms with van der Waals surface area (Å²) in [6.07, 6.45) is 1.68. The summed E-state index contributed by atoms with van der Waals surface area (Å²) in [5.74, 6) is 0.240. The maximum atomic E-state index is 13.1. The van der Waals surface area contributed by atoms with Crippen molar-refractivity contribution < 1.29 is 13.2 Å². The van der Waals surface area contributed by atoms with Gasteiger partial charge in [0.25, 0.3) is 5.91 Å². The van der Waals surface area contributed by atoms with Crippen LogP contribution in [0.15, 0.2) is 47.4 Å². The number of carbonyl (C=O) groups is 1. The quantitative estimate of drug-likeness (QED) is 0.578. The summed E-state index contributed by atoms with van der Waals surface area (Å²) >= 11 is 6.28. The van der Waals surface area contributed by atoms with Crippen LogP contribution in [0.1, 0.15) is 48.9 Å². The highest BCUT2D eigenvalue weighted by Crippen LogP contribution is 2.27. The van der Waals surface area contributed by atoms with Crippen LogP contribution in [0.4, 0.5) is 0 Å². The first-order valence-electron chi connectivity index (χ1n) is 10.3. The number of H-pyrrole nitrogens is 1. The number of fused-ring (bicyclic) bond motifs is 1. The van der Waals surface area contributed by atoms with Gasteiger partial charge in [0.2, 0.25) is 10.0 Å². The fourth-order valence-electron chi connectivity index (χ4n) is 3.81. The normalized spacial score (nSPS) is 16.1. The number of imidazole rings is 1. The average Bonchev–Trinajstić information content (AvgIpc) is 3.41. The number of amides is 1. The molecule has 9 heteroatoms. The molecule has 7 nitrogen and oxygen atoms in total. The Bertz CT molecular complexity index is 1180. The first kappa shape index (κ1) is 21.8. The number of para-hydroxylation sites is 2. The first-order chi connectivity index (χ1) is 14.8. The zero-order chi connectivity index (χ0) is 22.2. The molecule has 2 aromatic carbocycles. The Kier molecular flexibility index (Phi) is 6.05. The van der Waals surface area contributed by atoms with Crippen molar-refractivity contribution >= 4 is 38.6 Å². The van der Waals surface area contributed by atoms with Crippen LogP contribution in [0.25, 0.3) is 11.0 Å². The Hall–Kier alpha value is -2.42. The van der Waals surface area contributed by atoms with E-state index < -0.39 is 22.0 Å². The highest BCUT2D eigenvalue weighted by Gasteiger charge is 2.29. The predicted octanol–water partition coefficient (Wildman–Crippen LogP) is 4.13. The molecular formula is C22H25ClN4O3S. The van der Waals surface area contributed by atoms with Crippen molar-refractivity contribution in [1.29, 1.82) is 0 Å². The van der Waals surface area contributed by atoms with E-state index in [0.717, 1.165) is 23.9 Å². The van der Waals surface area contributed by atoms with Crippen molar-refractivity contribution in [2.75, 3.05) is 13.1 Å². The summed E-state index contributed by atoms with van der Waals surface area (Å²) < 4.78 is 27.3. The summed E-state index contributed by atoms with van der Waals surface area (Å²) in [5.41, 5.74) is 1.83. The molecule has 1 fully saturated rings. The van der Waals surface area contributed by atoms with E-state index in [-0.39, 0.29) is 21.4 Å². The number of rotatable bonds is 6. The number of nitrogens with one attached hydrogen (secondary N) is 2. The van der Waals surface area contributed by atoms with E-state index in [4.69, 9.17) is 11.6 Å². The Morgan fingerprint density at radius 1 is 1.16 bits per heavy atom. The topological polar surface area (TPSA) is 95.2 Å². The molecule has 2 heterocycles. The van der Waals surface area contributed by atoms with E-state index in [9.17, 15) is 13.2 Å². The number of benzene rings is 2. The van der Waals surface area contributed by atoms with Gasteiger partial charge in [-0.15, -0.1) is 0 Å². The lowest BCUT2D eigenvalue weighted by molar-refractivity contribution is 0.0923. The van der Waals surface area contributed by atoms with Gasteiger partial charge in [0.1, 0.15) is 5.82 Å². The molecule has 3 aromatic rings. The number of hydrogen-bond donors (Lipinski definition) is 2. The van der Waals surface area contributed by atoms with Crippen molar-refractivity contribution in [3.8, 4) is 0 Å².